The molecule has 1 aromatic carbocycles. The van der Waals surface area contributed by atoms with Gasteiger partial charge in [-0.2, -0.15) is 0 Å². The molecule has 0 radical (unpaired) electrons. The van der Waals surface area contributed by atoms with Crippen LogP contribution >= 0.6 is 15.9 Å². The fraction of sp³-hybridized carbons (Fsp3) is 0.417. The van der Waals surface area contributed by atoms with E-state index in [0.717, 1.165) is 5.56 Å². The van der Waals surface area contributed by atoms with Crippen LogP contribution in [0.3, 0.4) is 0 Å². The summed E-state index contributed by atoms with van der Waals surface area (Å²) in [4.78, 5) is 11.2. The number of carbonyl (C=O) groups is 1. The number of ether oxygens (including phenoxy) is 3. The number of ketones is 1. The molecule has 5 heteroatoms. The highest BCUT2D eigenvalue weighted by Crippen LogP contribution is 2.44. The Kier molecular flexibility index (Phi) is 4.81. The highest BCUT2D eigenvalue weighted by Gasteiger charge is 2.19. The highest BCUT2D eigenvalue weighted by molar-refractivity contribution is 9.10. The molecule has 0 aliphatic rings. The quantitative estimate of drug-likeness (QED) is 0.839. The van der Waals surface area contributed by atoms with Gasteiger partial charge in [-0.15, -0.1) is 0 Å². The van der Waals surface area contributed by atoms with E-state index in [0.29, 0.717) is 28.1 Å². The molecule has 0 bridgehead atoms. The maximum Gasteiger partial charge on any atom is 0.204 e. The first-order chi connectivity index (χ1) is 8.04. The lowest BCUT2D eigenvalue weighted by molar-refractivity contribution is -0.116. The second-order valence-electron chi connectivity index (χ2n) is 3.50. The van der Waals surface area contributed by atoms with Crippen molar-refractivity contribution in [2.75, 3.05) is 21.3 Å². The van der Waals surface area contributed by atoms with Crippen LogP contribution in [0.4, 0.5) is 0 Å². The summed E-state index contributed by atoms with van der Waals surface area (Å²) in [5, 5.41) is 0. The molecule has 0 aromatic heterocycles. The van der Waals surface area contributed by atoms with Gasteiger partial charge in [0.2, 0.25) is 5.75 Å². The zero-order valence-electron chi connectivity index (χ0n) is 10.3. The van der Waals surface area contributed by atoms with E-state index in [-0.39, 0.29) is 5.78 Å². The topological polar surface area (TPSA) is 44.8 Å². The average molecular weight is 303 g/mol. The van der Waals surface area contributed by atoms with Gasteiger partial charge in [-0.05, 0) is 34.5 Å². The molecule has 0 heterocycles. The molecule has 4 nitrogen and oxygen atoms in total. The fourth-order valence-corrected chi connectivity index (χ4v) is 2.17. The molecular formula is C12H15BrO4. The molecule has 1 rings (SSSR count). The van der Waals surface area contributed by atoms with E-state index in [4.69, 9.17) is 14.2 Å². The third-order valence-electron chi connectivity index (χ3n) is 2.28. The van der Waals surface area contributed by atoms with Gasteiger partial charge in [0.05, 0.1) is 25.8 Å². The second-order valence-corrected chi connectivity index (χ2v) is 4.29. The summed E-state index contributed by atoms with van der Waals surface area (Å²) in [6.45, 7) is 1.54. The summed E-state index contributed by atoms with van der Waals surface area (Å²) in [5.41, 5.74) is 0.812. The number of rotatable bonds is 5. The Balaban J connectivity index is 3.39. The van der Waals surface area contributed by atoms with Gasteiger partial charge < -0.3 is 14.2 Å². The van der Waals surface area contributed by atoms with E-state index in [1.807, 2.05) is 0 Å². The van der Waals surface area contributed by atoms with Gasteiger partial charge in [-0.3, -0.25) is 4.79 Å². The van der Waals surface area contributed by atoms with Crippen LogP contribution in [0.1, 0.15) is 12.5 Å². The van der Waals surface area contributed by atoms with Gasteiger partial charge in [0.15, 0.2) is 11.5 Å². The first-order valence-corrected chi connectivity index (χ1v) is 5.81. The number of carbonyl (C=O) groups excluding carboxylic acids is 1. The minimum absolute atomic E-state index is 0.0694. The van der Waals surface area contributed by atoms with Crippen molar-refractivity contribution >= 4 is 21.7 Å². The molecular weight excluding hydrogens is 288 g/mol. The Morgan fingerprint density at radius 3 is 2.18 bits per heavy atom. The summed E-state index contributed by atoms with van der Waals surface area (Å²) < 4.78 is 16.4. The Bertz CT molecular complexity index is 429. The van der Waals surface area contributed by atoms with Crippen LogP contribution in [-0.2, 0) is 11.2 Å². The van der Waals surface area contributed by atoms with Crippen molar-refractivity contribution in [2.24, 2.45) is 0 Å². The van der Waals surface area contributed by atoms with Gasteiger partial charge >= 0.3 is 0 Å². The lowest BCUT2D eigenvalue weighted by atomic mass is 10.1. The zero-order valence-corrected chi connectivity index (χ0v) is 11.9. The molecule has 0 spiro atoms. The van der Waals surface area contributed by atoms with Crippen LogP contribution in [0.15, 0.2) is 10.5 Å². The maximum absolute atomic E-state index is 11.2. The molecule has 0 aliphatic heterocycles. The van der Waals surface area contributed by atoms with E-state index in [1.54, 1.807) is 20.3 Å². The molecule has 0 atom stereocenters. The third kappa shape index (κ3) is 2.91. The minimum atomic E-state index is 0.0694. The molecule has 0 unspecified atom stereocenters. The average Bonchev–Trinajstić information content (AvgIpc) is 2.30. The van der Waals surface area contributed by atoms with Crippen LogP contribution in [0.2, 0.25) is 0 Å². The molecule has 1 aromatic rings. The van der Waals surface area contributed by atoms with Gasteiger partial charge in [0.1, 0.15) is 5.78 Å². The molecule has 0 saturated carbocycles. The molecule has 0 N–H and O–H groups in total. The zero-order chi connectivity index (χ0) is 13.0. The van der Waals surface area contributed by atoms with Crippen LogP contribution in [0, 0.1) is 0 Å². The summed E-state index contributed by atoms with van der Waals surface area (Å²) in [6.07, 6.45) is 0.317. The van der Waals surface area contributed by atoms with E-state index in [2.05, 4.69) is 15.9 Å². The van der Waals surface area contributed by atoms with Gasteiger partial charge in [-0.1, -0.05) is 0 Å². The van der Waals surface area contributed by atoms with Crippen molar-refractivity contribution in [1.82, 2.24) is 0 Å². The molecule has 17 heavy (non-hydrogen) atoms. The van der Waals surface area contributed by atoms with Crippen LogP contribution in [0.5, 0.6) is 17.2 Å². The van der Waals surface area contributed by atoms with Crippen molar-refractivity contribution in [3.05, 3.63) is 16.1 Å². The van der Waals surface area contributed by atoms with Crippen LogP contribution in [-0.4, -0.2) is 27.1 Å². The van der Waals surface area contributed by atoms with Crippen molar-refractivity contribution in [3.63, 3.8) is 0 Å². The summed E-state index contributed by atoms with van der Waals surface area (Å²) >= 11 is 3.41. The first kappa shape index (κ1) is 13.8. The minimum Gasteiger partial charge on any atom is -0.493 e. The van der Waals surface area contributed by atoms with Crippen molar-refractivity contribution < 1.29 is 19.0 Å². The normalized spacial score (nSPS) is 9.94. The number of methoxy groups -OCH3 is 3. The van der Waals surface area contributed by atoms with Crippen molar-refractivity contribution in [1.29, 1.82) is 0 Å². The lowest BCUT2D eigenvalue weighted by Crippen LogP contribution is -2.02. The van der Waals surface area contributed by atoms with Crippen molar-refractivity contribution in [2.45, 2.75) is 13.3 Å². The van der Waals surface area contributed by atoms with E-state index in [1.165, 1.54) is 14.0 Å². The van der Waals surface area contributed by atoms with Crippen LogP contribution in [0.25, 0.3) is 0 Å². The number of hydrogen-bond acceptors (Lipinski definition) is 4. The van der Waals surface area contributed by atoms with Crippen LogP contribution < -0.4 is 14.2 Å². The monoisotopic (exact) mass is 302 g/mol. The molecule has 0 amide bonds. The lowest BCUT2D eigenvalue weighted by Gasteiger charge is -2.16. The standard InChI is InChI=1S/C12H15BrO4/c1-7(14)5-8-6-9(15-2)11(16-3)12(17-4)10(8)13/h6H,5H2,1-4H3. The summed E-state index contributed by atoms with van der Waals surface area (Å²) in [6, 6.07) is 1.77. The number of hydrogen-bond donors (Lipinski definition) is 0. The van der Waals surface area contributed by atoms with E-state index >= 15 is 0 Å². The van der Waals surface area contributed by atoms with Crippen molar-refractivity contribution in [3.8, 4) is 17.2 Å². The van der Waals surface area contributed by atoms with Gasteiger partial charge in [0, 0.05) is 6.42 Å². The number of Topliss-reactive ketones (excluding diaryl/α,β-unsaturated/α-hetero) is 1. The maximum atomic E-state index is 11.2. The summed E-state index contributed by atoms with van der Waals surface area (Å²) in [5.74, 6) is 1.65. The highest BCUT2D eigenvalue weighted by atomic mass is 79.9. The van der Waals surface area contributed by atoms with Gasteiger partial charge in [0.25, 0.3) is 0 Å². The molecule has 0 aliphatic carbocycles. The van der Waals surface area contributed by atoms with E-state index in [9.17, 15) is 4.79 Å². The van der Waals surface area contributed by atoms with Gasteiger partial charge in [-0.25, -0.2) is 0 Å². The third-order valence-corrected chi connectivity index (χ3v) is 3.15. The Labute approximate surface area is 109 Å². The SMILES string of the molecule is COc1cc(CC(C)=O)c(Br)c(OC)c1OC. The summed E-state index contributed by atoms with van der Waals surface area (Å²) in [7, 11) is 4.62. The molecule has 0 fully saturated rings. The second kappa shape index (κ2) is 5.91. The number of benzene rings is 1. The predicted octanol–water partition coefficient (Wildman–Crippen LogP) is 2.61. The fourth-order valence-electron chi connectivity index (χ4n) is 1.57. The molecule has 0 saturated heterocycles. The Hall–Kier alpha value is -1.23. The molecule has 94 valence electrons. The smallest absolute Gasteiger partial charge is 0.204 e. The Morgan fingerprint density at radius 1 is 1.18 bits per heavy atom. The first-order valence-electron chi connectivity index (χ1n) is 5.01. The number of halogens is 1. The predicted molar refractivity (Wildman–Crippen MR) is 68.2 cm³/mol. The Morgan fingerprint density at radius 2 is 1.76 bits per heavy atom. The van der Waals surface area contributed by atoms with E-state index < -0.39 is 0 Å². The largest absolute Gasteiger partial charge is 0.493 e.